The number of hydrogen-bond donors (Lipinski definition) is 0. The number of fused-ring (bicyclic) bond motifs is 14. The van der Waals surface area contributed by atoms with Gasteiger partial charge in [0.25, 0.3) is 0 Å². The van der Waals surface area contributed by atoms with Crippen molar-refractivity contribution in [3.63, 3.8) is 0 Å². The smallest absolute Gasteiger partial charge is 0.146 e. The lowest BCUT2D eigenvalue weighted by Crippen LogP contribution is -1.95. The van der Waals surface area contributed by atoms with E-state index in [-0.39, 0.29) is 0 Å². The van der Waals surface area contributed by atoms with Crippen LogP contribution in [0, 0.1) is 0 Å². The van der Waals surface area contributed by atoms with Gasteiger partial charge in [-0.25, -0.2) is 4.98 Å². The fourth-order valence-electron chi connectivity index (χ4n) is 7.25. The van der Waals surface area contributed by atoms with Crippen LogP contribution < -0.4 is 0 Å². The lowest BCUT2D eigenvalue weighted by molar-refractivity contribution is 1.17. The molecule has 0 saturated carbocycles. The molecule has 5 nitrogen and oxygen atoms in total. The predicted octanol–water partition coefficient (Wildman–Crippen LogP) is 9.23. The van der Waals surface area contributed by atoms with Crippen LogP contribution in [0.4, 0.5) is 0 Å². The van der Waals surface area contributed by atoms with Crippen molar-refractivity contribution < 1.29 is 0 Å². The van der Waals surface area contributed by atoms with Crippen LogP contribution in [-0.4, -0.2) is 23.5 Å². The van der Waals surface area contributed by atoms with Gasteiger partial charge >= 0.3 is 0 Å². The summed E-state index contributed by atoms with van der Waals surface area (Å²) in [7, 11) is 0. The van der Waals surface area contributed by atoms with E-state index in [1.807, 2.05) is 18.5 Å². The highest BCUT2D eigenvalue weighted by Crippen LogP contribution is 2.45. The number of imidazole rings is 1. The van der Waals surface area contributed by atoms with Gasteiger partial charge in [-0.05, 0) is 60.7 Å². The van der Waals surface area contributed by atoms with E-state index < -0.39 is 0 Å². The molecule has 0 unspecified atom stereocenters. The van der Waals surface area contributed by atoms with Crippen LogP contribution in [0.1, 0.15) is 0 Å². The largest absolute Gasteiger partial charge is 0.309 e. The zero-order valence-electron chi connectivity index (χ0n) is 23.0. The molecule has 200 valence electrons. The third kappa shape index (κ3) is 2.90. The van der Waals surface area contributed by atoms with Gasteiger partial charge in [0.15, 0.2) is 0 Å². The second kappa shape index (κ2) is 8.30. The van der Waals surface area contributed by atoms with Gasteiger partial charge < -0.3 is 9.13 Å². The molecule has 0 aliphatic heterocycles. The number of hydrogen-bond acceptors (Lipinski definition) is 2. The second-order valence-electron chi connectivity index (χ2n) is 11.1. The minimum absolute atomic E-state index is 0.922. The van der Waals surface area contributed by atoms with Crippen molar-refractivity contribution in [2.24, 2.45) is 0 Å². The molecule has 0 radical (unpaired) electrons. The molecule has 43 heavy (non-hydrogen) atoms. The summed E-state index contributed by atoms with van der Waals surface area (Å²) in [6.07, 6.45) is 5.83. The Kier molecular flexibility index (Phi) is 4.39. The Morgan fingerprint density at radius 3 is 1.93 bits per heavy atom. The van der Waals surface area contributed by atoms with Crippen molar-refractivity contribution >= 4 is 71.1 Å². The van der Waals surface area contributed by atoms with Gasteiger partial charge in [-0.3, -0.25) is 9.38 Å². The summed E-state index contributed by atoms with van der Waals surface area (Å²) in [5.41, 5.74) is 9.96. The predicted molar refractivity (Wildman–Crippen MR) is 177 cm³/mol. The van der Waals surface area contributed by atoms with E-state index in [0.717, 1.165) is 49.9 Å². The van der Waals surface area contributed by atoms with Crippen molar-refractivity contribution in [3.8, 4) is 11.4 Å². The highest BCUT2D eigenvalue weighted by molar-refractivity contribution is 6.34. The summed E-state index contributed by atoms with van der Waals surface area (Å²) in [6, 6.07) is 43.3. The molecule has 5 heteroatoms. The van der Waals surface area contributed by atoms with E-state index in [4.69, 9.17) is 9.97 Å². The molecule has 5 heterocycles. The fraction of sp³-hybridized carbons (Fsp3) is 0. The Bertz CT molecular complexity index is 2710. The lowest BCUT2D eigenvalue weighted by atomic mass is 10.0. The lowest BCUT2D eigenvalue weighted by Gasteiger charge is -2.11. The first-order valence-electron chi connectivity index (χ1n) is 14.5. The van der Waals surface area contributed by atoms with Gasteiger partial charge in [0.2, 0.25) is 0 Å². The van der Waals surface area contributed by atoms with E-state index in [2.05, 4.69) is 135 Å². The molecular weight excluding hydrogens is 526 g/mol. The number of aromatic nitrogens is 5. The van der Waals surface area contributed by atoms with Crippen LogP contribution in [0.25, 0.3) is 82.4 Å². The monoisotopic (exact) mass is 549 g/mol. The Morgan fingerprint density at radius 2 is 1.09 bits per heavy atom. The molecule has 10 aromatic rings. The standard InChI is InChI=1S/C38H23N5/c1-3-10-24(11-4-1)42-31-20-19-30-34(36-28(15-9-21-39-36)38-40-22-23-41(30)38)33(31)35-32(42)18-17-27-26-14-7-8-16-29(26)43(37(27)35)25-12-5-2-6-13-25/h1-23H. The summed E-state index contributed by atoms with van der Waals surface area (Å²) in [5.74, 6) is 0. The molecule has 5 aromatic carbocycles. The molecular formula is C38H23N5. The van der Waals surface area contributed by atoms with Crippen LogP contribution in [0.15, 0.2) is 140 Å². The first kappa shape index (κ1) is 22.7. The Hall–Kier alpha value is -5.94. The quantitative estimate of drug-likeness (QED) is 0.202. The molecule has 0 aliphatic rings. The van der Waals surface area contributed by atoms with Crippen molar-refractivity contribution in [1.29, 1.82) is 0 Å². The summed E-state index contributed by atoms with van der Waals surface area (Å²) < 4.78 is 7.05. The zero-order chi connectivity index (χ0) is 28.1. The average Bonchev–Trinajstić information content (AvgIpc) is 3.78. The van der Waals surface area contributed by atoms with Crippen molar-refractivity contribution in [2.75, 3.05) is 0 Å². The van der Waals surface area contributed by atoms with Crippen LogP contribution in [0.3, 0.4) is 0 Å². The second-order valence-corrected chi connectivity index (χ2v) is 11.1. The number of benzene rings is 5. The normalized spacial score (nSPS) is 12.2. The number of nitrogens with zero attached hydrogens (tertiary/aromatic N) is 5. The average molecular weight is 550 g/mol. The molecule has 5 aromatic heterocycles. The highest BCUT2D eigenvalue weighted by atomic mass is 15.0. The SMILES string of the molecule is c1ccc(-n2c3ccc4c(c5ncccc5c5nccn45)c3c3c2ccc2c4ccccc4n(-c4ccccc4)c23)cc1. The van der Waals surface area contributed by atoms with Gasteiger partial charge in [-0.15, -0.1) is 0 Å². The third-order valence-corrected chi connectivity index (χ3v) is 8.92. The maximum absolute atomic E-state index is 5.01. The molecule has 0 bridgehead atoms. The van der Waals surface area contributed by atoms with Gasteiger partial charge in [0, 0.05) is 62.3 Å². The van der Waals surface area contributed by atoms with Gasteiger partial charge in [-0.1, -0.05) is 60.7 Å². The summed E-state index contributed by atoms with van der Waals surface area (Å²) in [6.45, 7) is 0. The number of pyridine rings is 2. The maximum atomic E-state index is 5.01. The topological polar surface area (TPSA) is 40.1 Å². The zero-order valence-corrected chi connectivity index (χ0v) is 23.0. The van der Waals surface area contributed by atoms with E-state index in [1.54, 1.807) is 0 Å². The molecule has 10 rings (SSSR count). The number of para-hydroxylation sites is 3. The Morgan fingerprint density at radius 1 is 0.419 bits per heavy atom. The molecule has 0 fully saturated rings. The van der Waals surface area contributed by atoms with Crippen molar-refractivity contribution in [1.82, 2.24) is 23.5 Å². The number of rotatable bonds is 2. The van der Waals surface area contributed by atoms with Crippen LogP contribution in [0.2, 0.25) is 0 Å². The van der Waals surface area contributed by atoms with Gasteiger partial charge in [-0.2, -0.15) is 0 Å². The summed E-state index contributed by atoms with van der Waals surface area (Å²) in [5, 5.41) is 7.07. The summed E-state index contributed by atoms with van der Waals surface area (Å²) >= 11 is 0. The van der Waals surface area contributed by atoms with Crippen molar-refractivity contribution in [3.05, 3.63) is 140 Å². The minimum atomic E-state index is 0.922. The molecule has 0 aliphatic carbocycles. The van der Waals surface area contributed by atoms with E-state index in [0.29, 0.717) is 0 Å². The maximum Gasteiger partial charge on any atom is 0.146 e. The van der Waals surface area contributed by atoms with E-state index >= 15 is 0 Å². The molecule has 0 spiro atoms. The minimum Gasteiger partial charge on any atom is -0.309 e. The van der Waals surface area contributed by atoms with Gasteiger partial charge in [0.05, 0.1) is 33.1 Å². The third-order valence-electron chi connectivity index (χ3n) is 8.92. The molecule has 0 atom stereocenters. The molecule has 0 amide bonds. The van der Waals surface area contributed by atoms with Gasteiger partial charge in [0.1, 0.15) is 5.65 Å². The first-order valence-corrected chi connectivity index (χ1v) is 14.5. The van der Waals surface area contributed by atoms with E-state index in [9.17, 15) is 0 Å². The Balaban J connectivity index is 1.57. The Labute approximate surface area is 245 Å². The van der Waals surface area contributed by atoms with Crippen molar-refractivity contribution in [2.45, 2.75) is 0 Å². The van der Waals surface area contributed by atoms with Crippen LogP contribution in [-0.2, 0) is 0 Å². The summed E-state index contributed by atoms with van der Waals surface area (Å²) in [4.78, 5) is 9.75. The first-order chi connectivity index (χ1) is 21.4. The highest BCUT2D eigenvalue weighted by Gasteiger charge is 2.24. The molecule has 0 N–H and O–H groups in total. The van der Waals surface area contributed by atoms with Crippen LogP contribution >= 0.6 is 0 Å². The fourth-order valence-corrected chi connectivity index (χ4v) is 7.25. The molecule has 0 saturated heterocycles. The van der Waals surface area contributed by atoms with E-state index in [1.165, 1.54) is 32.6 Å². The van der Waals surface area contributed by atoms with Crippen LogP contribution in [0.5, 0.6) is 0 Å².